The molecule has 3 N–H and O–H groups in total. The fraction of sp³-hybridized carbons (Fsp3) is 0.385. The molecule has 104 valence electrons. The predicted octanol–water partition coefficient (Wildman–Crippen LogP) is 0.885. The third kappa shape index (κ3) is 5.48. The highest BCUT2D eigenvalue weighted by Crippen LogP contribution is 2.03. The maximum absolute atomic E-state index is 12.9. The summed E-state index contributed by atoms with van der Waals surface area (Å²) in [6.45, 7) is 1.06. The quantitative estimate of drug-likeness (QED) is 0.720. The van der Waals surface area contributed by atoms with Gasteiger partial charge in [0, 0.05) is 13.1 Å². The van der Waals surface area contributed by atoms with Crippen molar-refractivity contribution in [2.45, 2.75) is 12.8 Å². The van der Waals surface area contributed by atoms with Gasteiger partial charge in [0.25, 0.3) is 0 Å². The van der Waals surface area contributed by atoms with E-state index in [0.717, 1.165) is 10.5 Å². The fourth-order valence-corrected chi connectivity index (χ4v) is 1.57. The van der Waals surface area contributed by atoms with Gasteiger partial charge in [-0.2, -0.15) is 0 Å². The summed E-state index contributed by atoms with van der Waals surface area (Å²) in [4.78, 5) is 23.4. The van der Waals surface area contributed by atoms with Crippen LogP contribution >= 0.6 is 0 Å². The minimum absolute atomic E-state index is 0.297. The van der Waals surface area contributed by atoms with Crippen molar-refractivity contribution in [2.24, 2.45) is 5.73 Å². The van der Waals surface area contributed by atoms with Crippen molar-refractivity contribution in [3.05, 3.63) is 35.6 Å². The van der Waals surface area contributed by atoms with Gasteiger partial charge in [0.1, 0.15) is 5.82 Å². The summed E-state index contributed by atoms with van der Waals surface area (Å²) < 4.78 is 12.9. The van der Waals surface area contributed by atoms with E-state index in [9.17, 15) is 14.0 Å². The Kier molecular flexibility index (Phi) is 6.52. The van der Waals surface area contributed by atoms with Gasteiger partial charge in [0.15, 0.2) is 0 Å². The number of hydrogen-bond acceptors (Lipinski definition) is 3. The van der Waals surface area contributed by atoms with Crippen LogP contribution in [0, 0.1) is 5.82 Å². The summed E-state index contributed by atoms with van der Waals surface area (Å²) >= 11 is 0. The molecule has 1 aromatic carbocycles. The van der Waals surface area contributed by atoms with E-state index in [1.54, 1.807) is 12.1 Å². The number of urea groups is 1. The van der Waals surface area contributed by atoms with Crippen molar-refractivity contribution in [3.63, 3.8) is 0 Å². The van der Waals surface area contributed by atoms with Crippen LogP contribution in [0.25, 0.3) is 0 Å². The molecule has 0 bridgehead atoms. The van der Waals surface area contributed by atoms with Crippen molar-refractivity contribution >= 4 is 12.4 Å². The molecule has 0 saturated heterocycles. The summed E-state index contributed by atoms with van der Waals surface area (Å²) in [5.41, 5.74) is 6.10. The van der Waals surface area contributed by atoms with Gasteiger partial charge in [0.05, 0.1) is 0 Å². The highest BCUT2D eigenvalue weighted by molar-refractivity contribution is 5.84. The number of hydrogen-bond donors (Lipinski definition) is 2. The molecular weight excluding hydrogens is 249 g/mol. The van der Waals surface area contributed by atoms with Gasteiger partial charge < -0.3 is 11.1 Å². The molecule has 0 spiro atoms. The first-order valence-corrected chi connectivity index (χ1v) is 6.11. The van der Waals surface area contributed by atoms with Crippen molar-refractivity contribution in [1.29, 1.82) is 0 Å². The van der Waals surface area contributed by atoms with Crippen molar-refractivity contribution in [3.8, 4) is 0 Å². The summed E-state index contributed by atoms with van der Waals surface area (Å²) in [6, 6.07) is 5.72. The Labute approximate surface area is 111 Å². The molecule has 0 unspecified atom stereocenters. The Morgan fingerprint density at radius 1 is 1.47 bits per heavy atom. The van der Waals surface area contributed by atoms with E-state index in [1.807, 2.05) is 0 Å². The monoisotopic (exact) mass is 267 g/mol. The van der Waals surface area contributed by atoms with E-state index in [2.05, 4.69) is 5.32 Å². The van der Waals surface area contributed by atoms with Gasteiger partial charge in [-0.25, -0.2) is 9.18 Å². The number of carbonyl (C=O) groups is 2. The maximum atomic E-state index is 12.9. The highest BCUT2D eigenvalue weighted by Gasteiger charge is 2.10. The fourth-order valence-electron chi connectivity index (χ4n) is 1.57. The first-order valence-electron chi connectivity index (χ1n) is 6.11. The number of nitrogens with one attached hydrogen (secondary N) is 1. The van der Waals surface area contributed by atoms with E-state index in [-0.39, 0.29) is 5.82 Å². The Morgan fingerprint density at radius 3 is 2.89 bits per heavy atom. The van der Waals surface area contributed by atoms with E-state index >= 15 is 0 Å². The van der Waals surface area contributed by atoms with Gasteiger partial charge in [-0.3, -0.25) is 9.69 Å². The second kappa shape index (κ2) is 8.20. The molecule has 0 saturated carbocycles. The summed E-state index contributed by atoms with van der Waals surface area (Å²) in [6.07, 6.45) is 1.55. The summed E-state index contributed by atoms with van der Waals surface area (Å²) in [7, 11) is 0. The van der Waals surface area contributed by atoms with E-state index in [0.29, 0.717) is 38.9 Å². The minimum Gasteiger partial charge on any atom is -0.337 e. The molecule has 19 heavy (non-hydrogen) atoms. The molecule has 3 amide bonds. The average molecular weight is 267 g/mol. The zero-order valence-electron chi connectivity index (χ0n) is 10.6. The lowest BCUT2D eigenvalue weighted by molar-refractivity contribution is -0.115. The average Bonchev–Trinajstić information content (AvgIpc) is 2.39. The maximum Gasteiger partial charge on any atom is 0.323 e. The first kappa shape index (κ1) is 15.1. The zero-order chi connectivity index (χ0) is 14.1. The van der Waals surface area contributed by atoms with E-state index in [1.165, 1.54) is 12.1 Å². The van der Waals surface area contributed by atoms with Crippen LogP contribution in [0.3, 0.4) is 0 Å². The number of carbonyl (C=O) groups excluding carboxylic acids is 2. The summed E-state index contributed by atoms with van der Waals surface area (Å²) in [5.74, 6) is -0.304. The number of rotatable bonds is 7. The second-order valence-electron chi connectivity index (χ2n) is 4.05. The number of nitrogens with two attached hydrogens (primary N) is 1. The number of nitrogens with zero attached hydrogens (tertiary/aromatic N) is 1. The lowest BCUT2D eigenvalue weighted by Crippen LogP contribution is -2.40. The van der Waals surface area contributed by atoms with Gasteiger partial charge in [0.2, 0.25) is 6.41 Å². The second-order valence-corrected chi connectivity index (χ2v) is 4.05. The molecule has 1 rings (SSSR count). The molecule has 5 nitrogen and oxygen atoms in total. The van der Waals surface area contributed by atoms with Crippen LogP contribution in [0.15, 0.2) is 24.3 Å². The molecule has 0 atom stereocenters. The normalized spacial score (nSPS) is 10.0. The van der Waals surface area contributed by atoms with E-state index < -0.39 is 6.03 Å². The number of imide groups is 1. The van der Waals surface area contributed by atoms with Crippen LogP contribution in [0.2, 0.25) is 0 Å². The third-order valence-corrected chi connectivity index (χ3v) is 2.57. The molecule has 0 aliphatic carbocycles. The lowest BCUT2D eigenvalue weighted by atomic mass is 10.1. The summed E-state index contributed by atoms with van der Waals surface area (Å²) in [5, 5.41) is 2.60. The van der Waals surface area contributed by atoms with Crippen LogP contribution in [0.1, 0.15) is 12.0 Å². The van der Waals surface area contributed by atoms with Gasteiger partial charge in [-0.05, 0) is 37.1 Å². The van der Waals surface area contributed by atoms with Gasteiger partial charge in [-0.15, -0.1) is 0 Å². The molecular formula is C13H18FN3O2. The molecule has 0 aliphatic heterocycles. The number of halogens is 1. The molecule has 0 heterocycles. The van der Waals surface area contributed by atoms with Gasteiger partial charge in [-0.1, -0.05) is 12.1 Å². The molecule has 0 fully saturated rings. The third-order valence-electron chi connectivity index (χ3n) is 2.57. The lowest BCUT2D eigenvalue weighted by Gasteiger charge is -2.15. The van der Waals surface area contributed by atoms with Crippen LogP contribution < -0.4 is 11.1 Å². The molecule has 1 aromatic rings. The Balaban J connectivity index is 2.35. The van der Waals surface area contributed by atoms with Crippen molar-refractivity contribution < 1.29 is 14.0 Å². The molecule has 0 aliphatic rings. The SMILES string of the molecule is NCCCN(C=O)C(=O)NCCc1cccc(F)c1. The zero-order valence-corrected chi connectivity index (χ0v) is 10.6. The first-order chi connectivity index (χ1) is 9.17. The number of amides is 3. The van der Waals surface area contributed by atoms with Crippen LogP contribution in [0.5, 0.6) is 0 Å². The smallest absolute Gasteiger partial charge is 0.323 e. The van der Waals surface area contributed by atoms with E-state index in [4.69, 9.17) is 5.73 Å². The van der Waals surface area contributed by atoms with Crippen LogP contribution in [-0.2, 0) is 11.2 Å². The highest BCUT2D eigenvalue weighted by atomic mass is 19.1. The largest absolute Gasteiger partial charge is 0.337 e. The predicted molar refractivity (Wildman–Crippen MR) is 69.9 cm³/mol. The van der Waals surface area contributed by atoms with Gasteiger partial charge >= 0.3 is 6.03 Å². The Bertz CT molecular complexity index is 426. The number of benzene rings is 1. The van der Waals surface area contributed by atoms with Crippen LogP contribution in [-0.4, -0.2) is 37.0 Å². The Hall–Kier alpha value is -1.95. The molecule has 6 heteroatoms. The minimum atomic E-state index is -0.458. The Morgan fingerprint density at radius 2 is 2.26 bits per heavy atom. The molecule has 0 radical (unpaired) electrons. The van der Waals surface area contributed by atoms with Crippen LogP contribution in [0.4, 0.5) is 9.18 Å². The molecule has 0 aromatic heterocycles. The van der Waals surface area contributed by atoms with Crippen molar-refractivity contribution in [2.75, 3.05) is 19.6 Å². The van der Waals surface area contributed by atoms with Crippen molar-refractivity contribution in [1.82, 2.24) is 10.2 Å². The topological polar surface area (TPSA) is 75.4 Å². The standard InChI is InChI=1S/C13H18FN3O2/c14-12-4-1-3-11(9-12)5-7-16-13(19)17(10-18)8-2-6-15/h1,3-4,9-10H,2,5-8,15H2,(H,16,19).